The van der Waals surface area contributed by atoms with E-state index in [1.807, 2.05) is 11.7 Å². The van der Waals surface area contributed by atoms with Crippen molar-refractivity contribution in [1.82, 2.24) is 15.1 Å². The number of hydrogen-bond donors (Lipinski definition) is 1. The number of nitrogens with zero attached hydrogens (tertiary/aromatic N) is 2. The van der Waals surface area contributed by atoms with Crippen molar-refractivity contribution in [2.45, 2.75) is 39.7 Å². The zero-order chi connectivity index (χ0) is 11.0. The molecule has 0 aliphatic heterocycles. The normalized spacial score (nSPS) is 18.1. The van der Waals surface area contributed by atoms with Gasteiger partial charge in [0, 0.05) is 24.3 Å². The first-order valence-corrected chi connectivity index (χ1v) is 5.88. The molecule has 1 aliphatic carbocycles. The fraction of sp³-hybridized carbons (Fsp3) is 0.750. The lowest BCUT2D eigenvalue weighted by Gasteiger charge is -2.18. The molecule has 0 spiro atoms. The second-order valence-electron chi connectivity index (χ2n) is 4.58. The number of hydrogen-bond acceptors (Lipinski definition) is 2. The van der Waals surface area contributed by atoms with Crippen molar-refractivity contribution in [3.05, 3.63) is 17.0 Å². The van der Waals surface area contributed by atoms with E-state index in [-0.39, 0.29) is 0 Å². The second-order valence-corrected chi connectivity index (χ2v) is 4.58. The smallest absolute Gasteiger partial charge is 0.0644 e. The molecular weight excluding hydrogens is 186 g/mol. The minimum absolute atomic E-state index is 0.531. The summed E-state index contributed by atoms with van der Waals surface area (Å²) in [4.78, 5) is 0. The highest BCUT2D eigenvalue weighted by Crippen LogP contribution is 2.42. The first-order valence-electron chi connectivity index (χ1n) is 5.88. The minimum Gasteiger partial charge on any atom is -0.310 e. The van der Waals surface area contributed by atoms with Gasteiger partial charge in [0.25, 0.3) is 0 Å². The van der Waals surface area contributed by atoms with E-state index < -0.39 is 0 Å². The monoisotopic (exact) mass is 207 g/mol. The van der Waals surface area contributed by atoms with Crippen molar-refractivity contribution < 1.29 is 0 Å². The summed E-state index contributed by atoms with van der Waals surface area (Å²) in [6, 6.07) is 0.531. The zero-order valence-electron chi connectivity index (χ0n) is 10.2. The summed E-state index contributed by atoms with van der Waals surface area (Å²) in [6.07, 6.45) is 2.73. The molecular formula is C12H21N3. The average molecular weight is 207 g/mol. The number of nitrogens with one attached hydrogen (secondary N) is 1. The van der Waals surface area contributed by atoms with Crippen molar-refractivity contribution in [1.29, 1.82) is 0 Å². The van der Waals surface area contributed by atoms with Crippen LogP contribution in [0, 0.1) is 19.8 Å². The maximum atomic E-state index is 4.50. The Balaban J connectivity index is 2.31. The molecule has 1 aromatic rings. The van der Waals surface area contributed by atoms with Crippen molar-refractivity contribution >= 4 is 0 Å². The molecule has 15 heavy (non-hydrogen) atoms. The van der Waals surface area contributed by atoms with Crippen LogP contribution in [0.1, 0.15) is 42.8 Å². The Morgan fingerprint density at radius 1 is 1.47 bits per heavy atom. The van der Waals surface area contributed by atoms with Crippen LogP contribution in [0.5, 0.6) is 0 Å². The van der Waals surface area contributed by atoms with Crippen molar-refractivity contribution in [2.24, 2.45) is 13.0 Å². The van der Waals surface area contributed by atoms with E-state index in [9.17, 15) is 0 Å². The molecule has 1 aromatic heterocycles. The lowest BCUT2D eigenvalue weighted by Crippen LogP contribution is -2.23. The standard InChI is InChI=1S/C12H21N3/c1-5-13-12(10-6-7-10)11-8(2)14-15(4)9(11)3/h10,12-13H,5-7H2,1-4H3. The van der Waals surface area contributed by atoms with Gasteiger partial charge in [0.15, 0.2) is 0 Å². The molecule has 1 atom stereocenters. The Hall–Kier alpha value is -0.830. The van der Waals surface area contributed by atoms with E-state index >= 15 is 0 Å². The first kappa shape index (κ1) is 10.7. The molecule has 0 radical (unpaired) electrons. The predicted octanol–water partition coefficient (Wildman–Crippen LogP) is 2.10. The lowest BCUT2D eigenvalue weighted by atomic mass is 10.0. The van der Waals surface area contributed by atoms with Crippen LogP contribution in [0.25, 0.3) is 0 Å². The van der Waals surface area contributed by atoms with Crippen LogP contribution in [-0.2, 0) is 7.05 Å². The van der Waals surface area contributed by atoms with Crippen molar-refractivity contribution in [3.63, 3.8) is 0 Å². The number of aromatic nitrogens is 2. The quantitative estimate of drug-likeness (QED) is 0.819. The SMILES string of the molecule is CCNC(c1c(C)nn(C)c1C)C1CC1. The van der Waals surface area contributed by atoms with Gasteiger partial charge >= 0.3 is 0 Å². The van der Waals surface area contributed by atoms with E-state index in [0.29, 0.717) is 6.04 Å². The molecule has 1 aliphatic rings. The Kier molecular flexibility index (Phi) is 2.83. The van der Waals surface area contributed by atoms with E-state index in [1.165, 1.54) is 29.8 Å². The topological polar surface area (TPSA) is 29.9 Å². The van der Waals surface area contributed by atoms with E-state index in [2.05, 4.69) is 31.2 Å². The number of rotatable bonds is 4. The van der Waals surface area contributed by atoms with Crippen LogP contribution in [0.15, 0.2) is 0 Å². The maximum Gasteiger partial charge on any atom is 0.0644 e. The van der Waals surface area contributed by atoms with Gasteiger partial charge in [-0.25, -0.2) is 0 Å². The maximum absolute atomic E-state index is 4.50. The molecule has 0 saturated heterocycles. The molecule has 3 heteroatoms. The van der Waals surface area contributed by atoms with Crippen LogP contribution >= 0.6 is 0 Å². The third-order valence-corrected chi connectivity index (χ3v) is 3.39. The van der Waals surface area contributed by atoms with Gasteiger partial charge in [0.1, 0.15) is 0 Å². The second kappa shape index (κ2) is 3.97. The molecule has 1 fully saturated rings. The average Bonchev–Trinajstić information content (AvgIpc) is 2.96. The van der Waals surface area contributed by atoms with E-state index in [0.717, 1.165) is 12.5 Å². The zero-order valence-corrected chi connectivity index (χ0v) is 10.2. The highest BCUT2D eigenvalue weighted by atomic mass is 15.3. The molecule has 0 amide bonds. The first-order chi connectivity index (χ1) is 7.15. The molecule has 0 bridgehead atoms. The Morgan fingerprint density at radius 2 is 2.13 bits per heavy atom. The van der Waals surface area contributed by atoms with Crippen LogP contribution in [0.3, 0.4) is 0 Å². The molecule has 1 unspecified atom stereocenters. The van der Waals surface area contributed by atoms with Gasteiger partial charge in [0.2, 0.25) is 0 Å². The Morgan fingerprint density at radius 3 is 2.53 bits per heavy atom. The summed E-state index contributed by atoms with van der Waals surface area (Å²) in [5.41, 5.74) is 3.93. The Bertz CT molecular complexity index is 350. The highest BCUT2D eigenvalue weighted by molar-refractivity contribution is 5.29. The summed E-state index contributed by atoms with van der Waals surface area (Å²) < 4.78 is 2.00. The summed E-state index contributed by atoms with van der Waals surface area (Å²) in [5, 5.41) is 8.10. The largest absolute Gasteiger partial charge is 0.310 e. The van der Waals surface area contributed by atoms with Gasteiger partial charge in [0.05, 0.1) is 5.69 Å². The number of aryl methyl sites for hydroxylation is 2. The van der Waals surface area contributed by atoms with Gasteiger partial charge < -0.3 is 5.32 Å². The fourth-order valence-corrected chi connectivity index (χ4v) is 2.39. The Labute approximate surface area is 91.9 Å². The molecule has 1 saturated carbocycles. The third-order valence-electron chi connectivity index (χ3n) is 3.39. The van der Waals surface area contributed by atoms with E-state index in [4.69, 9.17) is 0 Å². The van der Waals surface area contributed by atoms with Crippen molar-refractivity contribution in [3.8, 4) is 0 Å². The molecule has 84 valence electrons. The molecule has 3 nitrogen and oxygen atoms in total. The highest BCUT2D eigenvalue weighted by Gasteiger charge is 2.34. The molecule has 2 rings (SSSR count). The summed E-state index contributed by atoms with van der Waals surface area (Å²) in [7, 11) is 2.03. The summed E-state index contributed by atoms with van der Waals surface area (Å²) in [6.45, 7) is 7.50. The molecule has 0 aromatic carbocycles. The fourth-order valence-electron chi connectivity index (χ4n) is 2.39. The van der Waals surface area contributed by atoms with E-state index in [1.54, 1.807) is 0 Å². The summed E-state index contributed by atoms with van der Waals surface area (Å²) in [5.74, 6) is 0.839. The summed E-state index contributed by atoms with van der Waals surface area (Å²) >= 11 is 0. The molecule has 1 N–H and O–H groups in total. The van der Waals surface area contributed by atoms with Crippen molar-refractivity contribution in [2.75, 3.05) is 6.54 Å². The van der Waals surface area contributed by atoms with Gasteiger partial charge in [-0.15, -0.1) is 0 Å². The van der Waals surface area contributed by atoms with Crippen LogP contribution < -0.4 is 5.32 Å². The van der Waals surface area contributed by atoms with Gasteiger partial charge in [-0.1, -0.05) is 6.92 Å². The van der Waals surface area contributed by atoms with Crippen LogP contribution in [0.2, 0.25) is 0 Å². The molecule has 1 heterocycles. The van der Waals surface area contributed by atoms with Crippen LogP contribution in [-0.4, -0.2) is 16.3 Å². The predicted molar refractivity (Wildman–Crippen MR) is 61.8 cm³/mol. The lowest BCUT2D eigenvalue weighted by molar-refractivity contribution is 0.491. The van der Waals surface area contributed by atoms with Crippen LogP contribution in [0.4, 0.5) is 0 Å². The minimum atomic E-state index is 0.531. The third kappa shape index (κ3) is 1.93. The van der Waals surface area contributed by atoms with Gasteiger partial charge in [-0.3, -0.25) is 4.68 Å². The van der Waals surface area contributed by atoms with Gasteiger partial charge in [-0.2, -0.15) is 5.10 Å². The van der Waals surface area contributed by atoms with Gasteiger partial charge in [-0.05, 0) is 39.2 Å².